The summed E-state index contributed by atoms with van der Waals surface area (Å²) in [6.45, 7) is -5.19. The van der Waals surface area contributed by atoms with Crippen molar-refractivity contribution in [2.75, 3.05) is 46.2 Å². The van der Waals surface area contributed by atoms with E-state index in [1.54, 1.807) is 0 Å². The number of hydrogen-bond donors (Lipinski definition) is 26. The average Bonchev–Trinajstić information content (AvgIpc) is 3.61. The Morgan fingerprint density at radius 2 is 0.843 bits per heavy atom. The average molecular weight is 1040 g/mol. The van der Waals surface area contributed by atoms with Gasteiger partial charge in [-0.25, -0.2) is 0 Å². The molecule has 0 saturated carbocycles. The summed E-state index contributed by atoms with van der Waals surface area (Å²) in [5.41, 5.74) is 0. The molecule has 0 bridgehead atoms. The highest BCUT2D eigenvalue weighted by Crippen LogP contribution is 2.36. The van der Waals surface area contributed by atoms with E-state index in [9.17, 15) is 76.0 Å². The summed E-state index contributed by atoms with van der Waals surface area (Å²) in [7, 11) is 0. The van der Waals surface area contributed by atoms with Crippen molar-refractivity contribution in [2.45, 2.75) is 165 Å². The topological polar surface area (TPSA) is 616 Å². The van der Waals surface area contributed by atoms with Crippen LogP contribution in [0.1, 0.15) is 0 Å². The monoisotopic (exact) mass is 1040 g/mol. The first-order valence-electron chi connectivity index (χ1n) is 20.8. The molecule has 4 rings (SSSR count). The third-order valence-electron chi connectivity index (χ3n) is 10.9. The van der Waals surface area contributed by atoms with Crippen molar-refractivity contribution in [3.05, 3.63) is 0 Å². The van der Waals surface area contributed by atoms with Crippen LogP contribution in [0.5, 0.6) is 0 Å². The molecule has 0 radical (unpaired) electrons. The third kappa shape index (κ3) is 16.8. The SMILES string of the molecule is O=C[C@H](O)[C@@H](O)[C@@H](O)[C@H](O)CO.O=C[C@H](O)[C@@H](O)[C@H](O)[C@H](O)CO.OC[C@H]1O[C@@](CO)(O[C@H]2O[C@H](CO)[C@@H](O)[C@H](O)[C@H]2O)[C@@H](O)[C@@H]1O.OC[C@H]1O[C@H](O[C@H]2[C@H](O)[C@@H](O)[C@H](O)O[C@@H]2CO)[C@H](O)[C@@H](O)[C@@H]1O. The lowest BCUT2D eigenvalue weighted by atomic mass is 9.97. The molecule has 4 saturated heterocycles. The molecule has 34 heteroatoms. The maximum Gasteiger partial charge on any atom is 0.224 e. The normalized spacial score (nSPS) is 41.0. The summed E-state index contributed by atoms with van der Waals surface area (Å²) in [6, 6.07) is 0. The summed E-state index contributed by atoms with van der Waals surface area (Å²) in [5, 5.41) is 240. The molecule has 70 heavy (non-hydrogen) atoms. The van der Waals surface area contributed by atoms with Crippen LogP contribution < -0.4 is 0 Å². The molecular weight excluding hydrogens is 976 g/mol. The van der Waals surface area contributed by atoms with E-state index in [0.29, 0.717) is 0 Å². The number of aldehydes is 2. The number of aliphatic hydroxyl groups is 26. The summed E-state index contributed by atoms with van der Waals surface area (Å²) < 4.78 is 30.7. The van der Waals surface area contributed by atoms with Crippen LogP contribution in [0.25, 0.3) is 0 Å². The Morgan fingerprint density at radius 3 is 1.20 bits per heavy atom. The molecule has 26 N–H and O–H groups in total. The summed E-state index contributed by atoms with van der Waals surface area (Å²) in [5.74, 6) is -2.22. The van der Waals surface area contributed by atoms with Gasteiger partial charge in [-0.3, -0.25) is 0 Å². The molecular formula is C36H68O34. The maximum absolute atomic E-state index is 10.00. The highest BCUT2D eigenvalue weighted by atomic mass is 16.8. The Hall–Kier alpha value is -1.94. The van der Waals surface area contributed by atoms with Crippen molar-refractivity contribution in [3.63, 3.8) is 0 Å². The molecule has 0 amide bonds. The fourth-order valence-electron chi connectivity index (χ4n) is 6.44. The smallest absolute Gasteiger partial charge is 0.224 e. The number of ether oxygens (including phenoxy) is 6. The zero-order valence-electron chi connectivity index (χ0n) is 36.5. The summed E-state index contributed by atoms with van der Waals surface area (Å²) in [4.78, 5) is 19.8. The Bertz CT molecular complexity index is 1410. The standard InChI is InChI=1S/2C12H22O11.2C6H12O6/c13-1-4-6(16)8(18)9(19)11(21-4)23-12(3-15)10(20)7(17)5(2-14)22-12;13-1-3-5(15)6(16)9(19)12(22-3)23-10-4(2-14)21-11(20)8(18)7(10)17;2*7-1-3(9)5(11)6(12)4(10)2-8/h4-11,13-20H,1-3H2;3-20H,1-2H2;2*1,3-6,8-12H,2H2/t4-,5-,6-,7-,8+,9-,10+,11-,12+;3-,4-,5-,6+,7-,8-,9-,10-,11-,12-;3-,4+,5+,6+;3-,4+,5+,6-/m1100/s1. The zero-order valence-corrected chi connectivity index (χ0v) is 36.5. The number of carbonyl (C=O) groups is 2. The van der Waals surface area contributed by atoms with E-state index in [-0.39, 0.29) is 12.6 Å². The van der Waals surface area contributed by atoms with Gasteiger partial charge in [0, 0.05) is 0 Å². The first-order chi connectivity index (χ1) is 32.7. The van der Waals surface area contributed by atoms with Gasteiger partial charge in [-0.2, -0.15) is 0 Å². The van der Waals surface area contributed by atoms with Crippen LogP contribution in [-0.4, -0.2) is 357 Å². The highest BCUT2D eigenvalue weighted by Gasteiger charge is 2.58. The molecule has 4 heterocycles. The quantitative estimate of drug-likeness (QED) is 0.0534. The zero-order chi connectivity index (χ0) is 54.1. The lowest BCUT2D eigenvalue weighted by Crippen LogP contribution is -2.64. The van der Waals surface area contributed by atoms with Crippen LogP contribution in [-0.2, 0) is 38.0 Å². The Kier molecular flexibility index (Phi) is 29.3. The number of carbonyl (C=O) groups excluding carboxylic acids is 2. The van der Waals surface area contributed by atoms with Gasteiger partial charge in [0.05, 0.1) is 39.6 Å². The van der Waals surface area contributed by atoms with Crippen LogP contribution >= 0.6 is 0 Å². The number of rotatable bonds is 19. The van der Waals surface area contributed by atoms with Gasteiger partial charge in [-0.15, -0.1) is 0 Å². The van der Waals surface area contributed by atoms with Gasteiger partial charge < -0.3 is 171 Å². The molecule has 0 aromatic carbocycles. The van der Waals surface area contributed by atoms with Crippen molar-refractivity contribution >= 4 is 12.6 Å². The van der Waals surface area contributed by atoms with E-state index in [1.165, 1.54) is 0 Å². The minimum Gasteiger partial charge on any atom is -0.394 e. The molecule has 0 unspecified atom stereocenters. The van der Waals surface area contributed by atoms with Gasteiger partial charge >= 0.3 is 0 Å². The predicted molar refractivity (Wildman–Crippen MR) is 212 cm³/mol. The minimum atomic E-state index is -2.22. The lowest BCUT2D eigenvalue weighted by molar-refractivity contribution is -0.383. The molecule has 416 valence electrons. The molecule has 34 nitrogen and oxygen atoms in total. The summed E-state index contributed by atoms with van der Waals surface area (Å²) in [6.07, 6.45) is -41.9. The van der Waals surface area contributed by atoms with E-state index in [4.69, 9.17) is 94.8 Å². The van der Waals surface area contributed by atoms with Gasteiger partial charge in [0.1, 0.15) is 147 Å². The second-order valence-corrected chi connectivity index (χ2v) is 15.8. The Labute approximate surface area is 394 Å². The molecule has 27 atom stereocenters. The first kappa shape index (κ1) is 66.1. The Balaban J connectivity index is 0.000000490. The third-order valence-corrected chi connectivity index (χ3v) is 10.9. The minimum absolute atomic E-state index is 0.0258. The second kappa shape index (κ2) is 31.1. The predicted octanol–water partition coefficient (Wildman–Crippen LogP) is -17.6. The van der Waals surface area contributed by atoms with Gasteiger partial charge in [0.25, 0.3) is 0 Å². The van der Waals surface area contributed by atoms with E-state index < -0.39 is 211 Å². The van der Waals surface area contributed by atoms with Crippen LogP contribution in [0, 0.1) is 0 Å². The molecule has 0 aromatic rings. The van der Waals surface area contributed by atoms with E-state index in [2.05, 4.69) is 0 Å². The van der Waals surface area contributed by atoms with Gasteiger partial charge in [0.2, 0.25) is 5.79 Å². The fraction of sp³-hybridized carbons (Fsp3) is 0.944. The highest BCUT2D eigenvalue weighted by molar-refractivity contribution is 5.57. The van der Waals surface area contributed by atoms with Crippen LogP contribution in [0.4, 0.5) is 0 Å². The lowest BCUT2D eigenvalue weighted by Gasteiger charge is -2.45. The van der Waals surface area contributed by atoms with Gasteiger partial charge in [-0.1, -0.05) is 0 Å². The molecule has 0 aromatic heterocycles. The van der Waals surface area contributed by atoms with Crippen molar-refractivity contribution < 1.29 is 171 Å². The number of aliphatic hydroxyl groups excluding tert-OH is 26. The molecule has 0 spiro atoms. The summed E-state index contributed by atoms with van der Waals surface area (Å²) >= 11 is 0. The largest absolute Gasteiger partial charge is 0.394 e. The van der Waals surface area contributed by atoms with Crippen LogP contribution in [0.2, 0.25) is 0 Å². The Morgan fingerprint density at radius 1 is 0.443 bits per heavy atom. The van der Waals surface area contributed by atoms with Gasteiger partial charge in [-0.05, 0) is 0 Å². The molecule has 4 aliphatic heterocycles. The molecule has 0 aliphatic carbocycles. The maximum atomic E-state index is 10.00. The van der Waals surface area contributed by atoms with Crippen molar-refractivity contribution in [1.29, 1.82) is 0 Å². The molecule has 4 aliphatic rings. The van der Waals surface area contributed by atoms with Crippen LogP contribution in [0.3, 0.4) is 0 Å². The molecule has 4 fully saturated rings. The first-order valence-corrected chi connectivity index (χ1v) is 20.8. The van der Waals surface area contributed by atoms with E-state index in [1.807, 2.05) is 0 Å². The number of hydrogen-bond acceptors (Lipinski definition) is 34. The van der Waals surface area contributed by atoms with Crippen molar-refractivity contribution in [2.24, 2.45) is 0 Å². The van der Waals surface area contributed by atoms with Crippen molar-refractivity contribution in [3.8, 4) is 0 Å². The van der Waals surface area contributed by atoms with Gasteiger partial charge in [0.15, 0.2) is 31.4 Å². The van der Waals surface area contributed by atoms with E-state index in [0.717, 1.165) is 0 Å². The van der Waals surface area contributed by atoms with E-state index >= 15 is 0 Å². The second-order valence-electron chi connectivity index (χ2n) is 15.8. The van der Waals surface area contributed by atoms with Crippen molar-refractivity contribution in [1.82, 2.24) is 0 Å². The fourth-order valence-corrected chi connectivity index (χ4v) is 6.44. The van der Waals surface area contributed by atoms with Crippen LogP contribution in [0.15, 0.2) is 0 Å².